The van der Waals surface area contributed by atoms with Crippen LogP contribution in [0.25, 0.3) is 0 Å². The number of nitrogens with zero attached hydrogens (tertiary/aromatic N) is 3. The topological polar surface area (TPSA) is 45.7 Å². The second-order valence-corrected chi connectivity index (χ2v) is 7.29. The standard InChI is InChI=1S/C18H25N3O2/c22-17-13-23-18(14-21(17)11-15-4-5-15)6-9-20(10-7-18)12-16-3-1-2-8-19-16/h1-3,8,15H,4-7,9-14H2. The molecule has 23 heavy (non-hydrogen) atoms. The summed E-state index contributed by atoms with van der Waals surface area (Å²) in [4.78, 5) is 21.0. The van der Waals surface area contributed by atoms with Crippen LogP contribution < -0.4 is 0 Å². The number of carbonyl (C=O) groups excluding carboxylic acids is 1. The molecule has 3 heterocycles. The second kappa shape index (κ2) is 6.21. The third kappa shape index (κ3) is 3.56. The molecule has 3 aliphatic rings. The van der Waals surface area contributed by atoms with Crippen LogP contribution in [0.1, 0.15) is 31.4 Å². The lowest BCUT2D eigenvalue weighted by atomic mass is 9.89. The average Bonchev–Trinajstić information content (AvgIpc) is 3.39. The predicted octanol–water partition coefficient (Wildman–Crippen LogP) is 1.68. The number of ether oxygens (including phenoxy) is 1. The second-order valence-electron chi connectivity index (χ2n) is 7.29. The summed E-state index contributed by atoms with van der Waals surface area (Å²) in [7, 11) is 0. The maximum Gasteiger partial charge on any atom is 0.248 e. The Labute approximate surface area is 137 Å². The van der Waals surface area contributed by atoms with Gasteiger partial charge in [-0.2, -0.15) is 0 Å². The van der Waals surface area contributed by atoms with E-state index in [2.05, 4.69) is 20.9 Å². The highest BCUT2D eigenvalue weighted by Gasteiger charge is 2.43. The number of amides is 1. The summed E-state index contributed by atoms with van der Waals surface area (Å²) in [5, 5.41) is 0. The van der Waals surface area contributed by atoms with Gasteiger partial charge in [0, 0.05) is 38.9 Å². The Hall–Kier alpha value is -1.46. The fourth-order valence-electron chi connectivity index (χ4n) is 3.71. The van der Waals surface area contributed by atoms with E-state index in [0.29, 0.717) is 0 Å². The first-order valence-corrected chi connectivity index (χ1v) is 8.76. The van der Waals surface area contributed by atoms with Gasteiger partial charge in [-0.3, -0.25) is 14.7 Å². The highest BCUT2D eigenvalue weighted by atomic mass is 16.5. The van der Waals surface area contributed by atoms with Gasteiger partial charge in [-0.15, -0.1) is 0 Å². The monoisotopic (exact) mass is 315 g/mol. The molecule has 0 N–H and O–H groups in total. The summed E-state index contributed by atoms with van der Waals surface area (Å²) < 4.78 is 6.02. The number of pyridine rings is 1. The molecule has 1 spiro atoms. The molecular weight excluding hydrogens is 290 g/mol. The highest BCUT2D eigenvalue weighted by molar-refractivity contribution is 5.78. The van der Waals surface area contributed by atoms with Crippen molar-refractivity contribution in [2.45, 2.75) is 37.8 Å². The summed E-state index contributed by atoms with van der Waals surface area (Å²) in [6.07, 6.45) is 6.44. The van der Waals surface area contributed by atoms with Crippen molar-refractivity contribution < 1.29 is 9.53 Å². The van der Waals surface area contributed by atoms with E-state index < -0.39 is 0 Å². The first kappa shape index (κ1) is 15.1. The molecule has 1 aromatic heterocycles. The summed E-state index contributed by atoms with van der Waals surface area (Å²) in [5.41, 5.74) is 1.02. The van der Waals surface area contributed by atoms with Gasteiger partial charge in [0.25, 0.3) is 0 Å². The Kier molecular flexibility index (Phi) is 4.07. The molecule has 5 nitrogen and oxygen atoms in total. The Morgan fingerprint density at radius 3 is 2.78 bits per heavy atom. The minimum Gasteiger partial charge on any atom is -0.363 e. The molecule has 1 aliphatic carbocycles. The fourth-order valence-corrected chi connectivity index (χ4v) is 3.71. The van der Waals surface area contributed by atoms with E-state index in [9.17, 15) is 4.79 Å². The van der Waals surface area contributed by atoms with Gasteiger partial charge in [-0.25, -0.2) is 0 Å². The number of carbonyl (C=O) groups is 1. The summed E-state index contributed by atoms with van der Waals surface area (Å²) in [6.45, 7) is 4.94. The van der Waals surface area contributed by atoms with Crippen LogP contribution in [0.15, 0.2) is 24.4 Å². The largest absolute Gasteiger partial charge is 0.363 e. The normalized spacial score (nSPS) is 25.0. The number of piperidine rings is 1. The molecule has 0 unspecified atom stereocenters. The van der Waals surface area contributed by atoms with Gasteiger partial charge in [0.15, 0.2) is 0 Å². The molecule has 0 atom stereocenters. The maximum atomic E-state index is 12.1. The van der Waals surface area contributed by atoms with Gasteiger partial charge in [0.05, 0.1) is 11.3 Å². The Bertz CT molecular complexity index is 551. The van der Waals surface area contributed by atoms with Crippen LogP contribution in [0.4, 0.5) is 0 Å². The van der Waals surface area contributed by atoms with Crippen molar-refractivity contribution in [3.8, 4) is 0 Å². The van der Waals surface area contributed by atoms with Crippen molar-refractivity contribution in [2.24, 2.45) is 5.92 Å². The van der Waals surface area contributed by atoms with Crippen LogP contribution in [0.5, 0.6) is 0 Å². The number of morpholine rings is 1. The zero-order valence-corrected chi connectivity index (χ0v) is 13.6. The lowest BCUT2D eigenvalue weighted by molar-refractivity contribution is -0.172. The van der Waals surface area contributed by atoms with Gasteiger partial charge >= 0.3 is 0 Å². The van der Waals surface area contributed by atoms with E-state index in [4.69, 9.17) is 4.74 Å². The third-order valence-electron chi connectivity index (χ3n) is 5.39. The molecule has 3 fully saturated rings. The number of hydrogen-bond donors (Lipinski definition) is 0. The van der Waals surface area contributed by atoms with Crippen molar-refractivity contribution in [2.75, 3.05) is 32.8 Å². The molecule has 4 rings (SSSR count). The van der Waals surface area contributed by atoms with E-state index in [-0.39, 0.29) is 18.1 Å². The first-order valence-electron chi connectivity index (χ1n) is 8.76. The molecule has 1 amide bonds. The minimum absolute atomic E-state index is 0.108. The summed E-state index contributed by atoms with van der Waals surface area (Å²) >= 11 is 0. The van der Waals surface area contributed by atoms with Gasteiger partial charge in [0.2, 0.25) is 5.91 Å². The number of likely N-dealkylation sites (tertiary alicyclic amines) is 1. The molecule has 2 saturated heterocycles. The fraction of sp³-hybridized carbons (Fsp3) is 0.667. The van der Waals surface area contributed by atoms with E-state index in [1.807, 2.05) is 18.3 Å². The predicted molar refractivity (Wildman–Crippen MR) is 86.7 cm³/mol. The molecule has 0 aromatic carbocycles. The zero-order valence-electron chi connectivity index (χ0n) is 13.6. The molecule has 1 aromatic rings. The minimum atomic E-state index is -0.108. The Balaban J connectivity index is 1.33. The summed E-state index contributed by atoms with van der Waals surface area (Å²) in [5.74, 6) is 0.928. The molecular formula is C18H25N3O2. The third-order valence-corrected chi connectivity index (χ3v) is 5.39. The molecule has 5 heteroatoms. The van der Waals surface area contributed by atoms with E-state index in [0.717, 1.165) is 57.2 Å². The lowest BCUT2D eigenvalue weighted by Gasteiger charge is -2.47. The van der Waals surface area contributed by atoms with E-state index >= 15 is 0 Å². The molecule has 124 valence electrons. The Morgan fingerprint density at radius 2 is 2.09 bits per heavy atom. The van der Waals surface area contributed by atoms with Gasteiger partial charge < -0.3 is 9.64 Å². The quantitative estimate of drug-likeness (QED) is 0.848. The molecule has 2 aliphatic heterocycles. The van der Waals surface area contributed by atoms with Gasteiger partial charge in [0.1, 0.15) is 6.61 Å². The van der Waals surface area contributed by atoms with E-state index in [1.54, 1.807) is 0 Å². The van der Waals surface area contributed by atoms with Crippen molar-refractivity contribution in [1.82, 2.24) is 14.8 Å². The number of hydrogen-bond acceptors (Lipinski definition) is 4. The van der Waals surface area contributed by atoms with Crippen LogP contribution in [-0.2, 0) is 16.1 Å². The van der Waals surface area contributed by atoms with Crippen LogP contribution in [0.2, 0.25) is 0 Å². The van der Waals surface area contributed by atoms with Crippen molar-refractivity contribution >= 4 is 5.91 Å². The number of rotatable bonds is 4. The molecule has 0 bridgehead atoms. The van der Waals surface area contributed by atoms with Crippen molar-refractivity contribution in [1.29, 1.82) is 0 Å². The summed E-state index contributed by atoms with van der Waals surface area (Å²) in [6, 6.07) is 6.08. The van der Waals surface area contributed by atoms with Crippen LogP contribution in [0, 0.1) is 5.92 Å². The Morgan fingerprint density at radius 1 is 1.26 bits per heavy atom. The highest BCUT2D eigenvalue weighted by Crippen LogP contribution is 2.34. The maximum absolute atomic E-state index is 12.1. The van der Waals surface area contributed by atoms with Crippen LogP contribution >= 0.6 is 0 Å². The number of aromatic nitrogens is 1. The molecule has 0 radical (unpaired) electrons. The zero-order chi connectivity index (χ0) is 15.7. The van der Waals surface area contributed by atoms with E-state index in [1.165, 1.54) is 12.8 Å². The SMILES string of the molecule is O=C1COC2(CCN(Cc3ccccn3)CC2)CN1CC1CC1. The van der Waals surface area contributed by atoms with Crippen molar-refractivity contribution in [3.05, 3.63) is 30.1 Å². The smallest absolute Gasteiger partial charge is 0.248 e. The van der Waals surface area contributed by atoms with Crippen molar-refractivity contribution in [3.63, 3.8) is 0 Å². The van der Waals surface area contributed by atoms with Crippen LogP contribution in [-0.4, -0.2) is 59.1 Å². The van der Waals surface area contributed by atoms with Gasteiger partial charge in [-0.05, 0) is 43.7 Å². The average molecular weight is 315 g/mol. The molecule has 1 saturated carbocycles. The first-order chi connectivity index (χ1) is 11.2. The van der Waals surface area contributed by atoms with Gasteiger partial charge in [-0.1, -0.05) is 6.07 Å². The van der Waals surface area contributed by atoms with Crippen LogP contribution in [0.3, 0.4) is 0 Å². The lowest BCUT2D eigenvalue weighted by Crippen LogP contribution is -2.58.